The minimum absolute atomic E-state index is 0.681. The molecule has 2 aromatic rings. The van der Waals surface area contributed by atoms with Crippen LogP contribution < -0.4 is 10.5 Å². The van der Waals surface area contributed by atoms with Gasteiger partial charge in [0.05, 0.1) is 17.3 Å². The molecule has 0 bridgehead atoms. The highest BCUT2D eigenvalue weighted by Gasteiger charge is 2.05. The van der Waals surface area contributed by atoms with Gasteiger partial charge in [-0.2, -0.15) is 0 Å². The normalized spacial score (nSPS) is 10.6. The van der Waals surface area contributed by atoms with Gasteiger partial charge in [-0.1, -0.05) is 11.3 Å². The third-order valence-corrected chi connectivity index (χ3v) is 2.91. The van der Waals surface area contributed by atoms with Crippen molar-refractivity contribution in [3.8, 4) is 5.19 Å². The standard InChI is InChI=1S/C9H10N2OS/c1-5-3-8-7(4-6(5)10)11-9(12-2)13-8/h3-4H,10H2,1-2H3. The third-order valence-electron chi connectivity index (χ3n) is 1.93. The first-order chi connectivity index (χ1) is 6.20. The van der Waals surface area contributed by atoms with Gasteiger partial charge in [-0.3, -0.25) is 0 Å². The lowest BCUT2D eigenvalue weighted by atomic mass is 10.2. The maximum Gasteiger partial charge on any atom is 0.274 e. The van der Waals surface area contributed by atoms with Crippen LogP contribution in [-0.2, 0) is 0 Å². The molecule has 0 spiro atoms. The molecule has 3 nitrogen and oxygen atoms in total. The molecular weight excluding hydrogens is 184 g/mol. The van der Waals surface area contributed by atoms with Crippen molar-refractivity contribution in [2.24, 2.45) is 0 Å². The van der Waals surface area contributed by atoms with Crippen molar-refractivity contribution in [1.29, 1.82) is 0 Å². The number of rotatable bonds is 1. The van der Waals surface area contributed by atoms with Gasteiger partial charge in [0.25, 0.3) is 5.19 Å². The van der Waals surface area contributed by atoms with Crippen LogP contribution in [0.15, 0.2) is 12.1 Å². The quantitative estimate of drug-likeness (QED) is 0.708. The number of aromatic nitrogens is 1. The molecule has 0 aliphatic heterocycles. The van der Waals surface area contributed by atoms with Crippen molar-refractivity contribution < 1.29 is 4.74 Å². The summed E-state index contributed by atoms with van der Waals surface area (Å²) in [5, 5.41) is 0.681. The smallest absolute Gasteiger partial charge is 0.274 e. The summed E-state index contributed by atoms with van der Waals surface area (Å²) in [6.45, 7) is 1.99. The van der Waals surface area contributed by atoms with Crippen molar-refractivity contribution in [2.45, 2.75) is 6.92 Å². The predicted molar refractivity (Wildman–Crippen MR) is 55.3 cm³/mol. The number of nitrogen functional groups attached to an aromatic ring is 1. The van der Waals surface area contributed by atoms with Gasteiger partial charge < -0.3 is 10.5 Å². The maximum absolute atomic E-state index is 5.76. The molecule has 0 radical (unpaired) electrons. The topological polar surface area (TPSA) is 48.1 Å². The highest BCUT2D eigenvalue weighted by atomic mass is 32.1. The Labute approximate surface area is 80.2 Å². The van der Waals surface area contributed by atoms with E-state index in [-0.39, 0.29) is 0 Å². The van der Waals surface area contributed by atoms with Gasteiger partial charge in [-0.25, -0.2) is 4.98 Å². The van der Waals surface area contributed by atoms with Crippen LogP contribution in [0.4, 0.5) is 5.69 Å². The van der Waals surface area contributed by atoms with Crippen LogP contribution in [-0.4, -0.2) is 12.1 Å². The summed E-state index contributed by atoms with van der Waals surface area (Å²) in [6, 6.07) is 3.91. The summed E-state index contributed by atoms with van der Waals surface area (Å²) >= 11 is 1.53. The van der Waals surface area contributed by atoms with Crippen LogP contribution in [0, 0.1) is 6.92 Å². The maximum atomic E-state index is 5.76. The van der Waals surface area contributed by atoms with E-state index in [2.05, 4.69) is 4.98 Å². The fraction of sp³-hybridized carbons (Fsp3) is 0.222. The number of nitrogens with two attached hydrogens (primary N) is 1. The number of methoxy groups -OCH3 is 1. The fourth-order valence-electron chi connectivity index (χ4n) is 1.16. The van der Waals surface area contributed by atoms with Gasteiger partial charge in [0.1, 0.15) is 0 Å². The fourth-order valence-corrected chi connectivity index (χ4v) is 2.02. The molecule has 68 valence electrons. The summed E-state index contributed by atoms with van der Waals surface area (Å²) < 4.78 is 6.16. The zero-order valence-electron chi connectivity index (χ0n) is 7.50. The van der Waals surface area contributed by atoms with E-state index in [4.69, 9.17) is 10.5 Å². The van der Waals surface area contributed by atoms with Gasteiger partial charge in [0.15, 0.2) is 0 Å². The minimum Gasteiger partial charge on any atom is -0.473 e. The summed E-state index contributed by atoms with van der Waals surface area (Å²) in [7, 11) is 1.62. The second-order valence-electron chi connectivity index (χ2n) is 2.86. The number of thiazole rings is 1. The Morgan fingerprint density at radius 3 is 2.92 bits per heavy atom. The first kappa shape index (κ1) is 8.31. The van der Waals surface area contributed by atoms with E-state index < -0.39 is 0 Å². The average molecular weight is 194 g/mol. The van der Waals surface area contributed by atoms with E-state index in [1.54, 1.807) is 7.11 Å². The van der Waals surface area contributed by atoms with Crippen LogP contribution in [0.25, 0.3) is 10.2 Å². The minimum atomic E-state index is 0.681. The van der Waals surface area contributed by atoms with Crippen LogP contribution >= 0.6 is 11.3 Å². The first-order valence-electron chi connectivity index (χ1n) is 3.91. The number of hydrogen-bond donors (Lipinski definition) is 1. The van der Waals surface area contributed by atoms with Gasteiger partial charge in [0, 0.05) is 5.69 Å². The Kier molecular flexibility index (Phi) is 1.84. The molecular formula is C9H10N2OS. The highest BCUT2D eigenvalue weighted by molar-refractivity contribution is 7.20. The van der Waals surface area contributed by atoms with Crippen molar-refractivity contribution in [3.05, 3.63) is 17.7 Å². The summed E-state index contributed by atoms with van der Waals surface area (Å²) in [5.74, 6) is 0. The molecule has 4 heteroatoms. The van der Waals surface area contributed by atoms with E-state index in [1.165, 1.54) is 11.3 Å². The molecule has 2 N–H and O–H groups in total. The number of fused-ring (bicyclic) bond motifs is 1. The van der Waals surface area contributed by atoms with E-state index in [9.17, 15) is 0 Å². The SMILES string of the molecule is COc1nc2cc(N)c(C)cc2s1. The van der Waals surface area contributed by atoms with Crippen molar-refractivity contribution >= 4 is 27.2 Å². The molecule has 0 aliphatic rings. The van der Waals surface area contributed by atoms with Gasteiger partial charge in [-0.15, -0.1) is 0 Å². The number of benzene rings is 1. The second-order valence-corrected chi connectivity index (χ2v) is 3.85. The Morgan fingerprint density at radius 1 is 1.46 bits per heavy atom. The highest BCUT2D eigenvalue weighted by Crippen LogP contribution is 2.30. The lowest BCUT2D eigenvalue weighted by Crippen LogP contribution is -1.88. The van der Waals surface area contributed by atoms with Crippen molar-refractivity contribution in [1.82, 2.24) is 4.98 Å². The number of aryl methyl sites for hydroxylation is 1. The Bertz CT molecular complexity index is 411. The number of ether oxygens (including phenoxy) is 1. The molecule has 1 aromatic carbocycles. The van der Waals surface area contributed by atoms with E-state index in [0.29, 0.717) is 5.19 Å². The number of nitrogens with zero attached hydrogens (tertiary/aromatic N) is 1. The molecule has 0 amide bonds. The number of hydrogen-bond acceptors (Lipinski definition) is 4. The predicted octanol–water partition coefficient (Wildman–Crippen LogP) is 2.20. The summed E-state index contributed by atoms with van der Waals surface area (Å²) in [4.78, 5) is 4.25. The Hall–Kier alpha value is -1.29. The van der Waals surface area contributed by atoms with Gasteiger partial charge in [0.2, 0.25) is 0 Å². The summed E-state index contributed by atoms with van der Waals surface area (Å²) in [6.07, 6.45) is 0. The molecule has 0 fully saturated rings. The molecule has 0 saturated heterocycles. The van der Waals surface area contributed by atoms with Crippen LogP contribution in [0.5, 0.6) is 5.19 Å². The summed E-state index contributed by atoms with van der Waals surface area (Å²) in [5.41, 5.74) is 8.53. The van der Waals surface area contributed by atoms with E-state index >= 15 is 0 Å². The molecule has 1 heterocycles. The lowest BCUT2D eigenvalue weighted by Gasteiger charge is -1.96. The van der Waals surface area contributed by atoms with Crippen LogP contribution in [0.3, 0.4) is 0 Å². The van der Waals surface area contributed by atoms with Crippen molar-refractivity contribution in [2.75, 3.05) is 12.8 Å². The Balaban J connectivity index is 2.70. The van der Waals surface area contributed by atoms with Gasteiger partial charge in [-0.05, 0) is 24.6 Å². The van der Waals surface area contributed by atoms with Crippen LogP contribution in [0.2, 0.25) is 0 Å². The third kappa shape index (κ3) is 1.33. The molecule has 0 unspecified atom stereocenters. The average Bonchev–Trinajstić information content (AvgIpc) is 2.48. The largest absolute Gasteiger partial charge is 0.473 e. The zero-order chi connectivity index (χ0) is 9.42. The number of anilines is 1. The zero-order valence-corrected chi connectivity index (χ0v) is 8.31. The van der Waals surface area contributed by atoms with Gasteiger partial charge >= 0.3 is 0 Å². The molecule has 0 aliphatic carbocycles. The monoisotopic (exact) mass is 194 g/mol. The molecule has 0 saturated carbocycles. The molecule has 13 heavy (non-hydrogen) atoms. The molecule has 1 aromatic heterocycles. The Morgan fingerprint density at radius 2 is 2.23 bits per heavy atom. The van der Waals surface area contributed by atoms with Crippen molar-refractivity contribution in [3.63, 3.8) is 0 Å². The second kappa shape index (κ2) is 2.88. The van der Waals surface area contributed by atoms with E-state index in [0.717, 1.165) is 21.5 Å². The van der Waals surface area contributed by atoms with E-state index in [1.807, 2.05) is 19.1 Å². The molecule has 0 atom stereocenters. The lowest BCUT2D eigenvalue weighted by molar-refractivity contribution is 0.413. The van der Waals surface area contributed by atoms with Crippen LogP contribution in [0.1, 0.15) is 5.56 Å². The first-order valence-corrected chi connectivity index (χ1v) is 4.73. The molecule has 2 rings (SSSR count).